The van der Waals surface area contributed by atoms with E-state index in [4.69, 9.17) is 18.9 Å². The van der Waals surface area contributed by atoms with Crippen LogP contribution in [-0.2, 0) is 33.3 Å². The summed E-state index contributed by atoms with van der Waals surface area (Å²) < 4.78 is 23.6. The summed E-state index contributed by atoms with van der Waals surface area (Å²) in [5, 5.41) is 10.8. The molecule has 8 heteroatoms. The number of ether oxygens (including phenoxy) is 4. The number of benzene rings is 1. The Bertz CT molecular complexity index is 934. The zero-order valence-corrected chi connectivity index (χ0v) is 24.0. The van der Waals surface area contributed by atoms with E-state index in [0.717, 1.165) is 18.4 Å². The molecule has 0 aromatic heterocycles. The minimum absolute atomic E-state index is 0.103. The van der Waals surface area contributed by atoms with Gasteiger partial charge < -0.3 is 24.1 Å². The third kappa shape index (κ3) is 8.77. The van der Waals surface area contributed by atoms with Crippen molar-refractivity contribution in [2.75, 3.05) is 0 Å². The second-order valence-electron chi connectivity index (χ2n) is 11.2. The second-order valence-corrected chi connectivity index (χ2v) is 11.2. The smallest absolute Gasteiger partial charge is 0.313 e. The molecule has 1 aromatic carbocycles. The fourth-order valence-corrected chi connectivity index (χ4v) is 5.47. The maximum atomic E-state index is 13.2. The standard InChI is InChI=1S/C31H46O8/c1-6-23(38-31(35)26(7-2)22-11-9-8-10-12-22)18-25-13-15-27(32)20(4)29(33)36-19(3)17-24-14-16-28(37-24)21(5)30(34)39-25/h8-12,19-21,23-28,32H,6-7,13-18H2,1-5H3/t19-,20+,21-,23+,24+,25-,26+,27+,28-/m0/s1. The van der Waals surface area contributed by atoms with Gasteiger partial charge in [-0.25, -0.2) is 0 Å². The van der Waals surface area contributed by atoms with Gasteiger partial charge in [-0.1, -0.05) is 44.2 Å². The third-order valence-electron chi connectivity index (χ3n) is 8.16. The van der Waals surface area contributed by atoms with Crippen molar-refractivity contribution < 1.29 is 38.4 Å². The molecule has 0 saturated carbocycles. The number of fused-ring (bicyclic) bond motifs is 2. The topological polar surface area (TPSA) is 108 Å². The minimum atomic E-state index is -0.952. The van der Waals surface area contributed by atoms with E-state index in [1.165, 1.54) is 0 Å². The lowest BCUT2D eigenvalue weighted by Crippen LogP contribution is -2.34. The van der Waals surface area contributed by atoms with Gasteiger partial charge in [0.25, 0.3) is 0 Å². The maximum absolute atomic E-state index is 13.2. The molecule has 0 radical (unpaired) electrons. The molecule has 39 heavy (non-hydrogen) atoms. The number of hydrogen-bond acceptors (Lipinski definition) is 8. The van der Waals surface area contributed by atoms with Gasteiger partial charge in [0.05, 0.1) is 36.1 Å². The molecule has 1 N–H and O–H groups in total. The zero-order chi connectivity index (χ0) is 28.5. The van der Waals surface area contributed by atoms with Crippen LogP contribution in [-0.4, -0.2) is 59.6 Å². The van der Waals surface area contributed by atoms with Crippen LogP contribution in [0.2, 0.25) is 0 Å². The number of aliphatic hydroxyl groups excluding tert-OH is 1. The highest BCUT2D eigenvalue weighted by atomic mass is 16.6. The summed E-state index contributed by atoms with van der Waals surface area (Å²) in [5.41, 5.74) is 0.905. The molecule has 3 rings (SSSR count). The number of hydrogen-bond donors (Lipinski definition) is 1. The average Bonchev–Trinajstić information content (AvgIpc) is 3.38. The van der Waals surface area contributed by atoms with E-state index in [9.17, 15) is 19.5 Å². The Hall–Kier alpha value is -2.45. The first-order valence-electron chi connectivity index (χ1n) is 14.6. The Balaban J connectivity index is 1.74. The first-order chi connectivity index (χ1) is 18.6. The highest BCUT2D eigenvalue weighted by Gasteiger charge is 2.37. The van der Waals surface area contributed by atoms with Crippen LogP contribution in [0.5, 0.6) is 0 Å². The van der Waals surface area contributed by atoms with Crippen molar-refractivity contribution in [1.29, 1.82) is 0 Å². The lowest BCUT2D eigenvalue weighted by Gasteiger charge is -2.28. The van der Waals surface area contributed by atoms with E-state index in [2.05, 4.69) is 0 Å². The monoisotopic (exact) mass is 546 g/mol. The van der Waals surface area contributed by atoms with Gasteiger partial charge in [0.1, 0.15) is 18.3 Å². The summed E-state index contributed by atoms with van der Waals surface area (Å²) in [7, 11) is 0. The Morgan fingerprint density at radius 2 is 1.64 bits per heavy atom. The summed E-state index contributed by atoms with van der Waals surface area (Å²) in [6.45, 7) is 9.17. The van der Waals surface area contributed by atoms with Crippen molar-refractivity contribution in [3.05, 3.63) is 35.9 Å². The molecular formula is C31H46O8. The van der Waals surface area contributed by atoms with Gasteiger partial charge in [-0.15, -0.1) is 0 Å². The Labute approximate surface area is 232 Å². The Morgan fingerprint density at radius 1 is 0.949 bits per heavy atom. The second kappa shape index (κ2) is 14.8. The maximum Gasteiger partial charge on any atom is 0.313 e. The summed E-state index contributed by atoms with van der Waals surface area (Å²) in [5.74, 6) is -2.67. The molecule has 2 aliphatic heterocycles. The van der Waals surface area contributed by atoms with E-state index >= 15 is 0 Å². The first-order valence-corrected chi connectivity index (χ1v) is 14.6. The van der Waals surface area contributed by atoms with Crippen LogP contribution in [0.25, 0.3) is 0 Å². The summed E-state index contributed by atoms with van der Waals surface area (Å²) in [6.07, 6.45) is 1.37. The zero-order valence-electron chi connectivity index (χ0n) is 24.0. The SMILES string of the molecule is CC[C@H](C[C@@H]1CC[C@@H](O)[C@@H](C)C(=O)O[C@@H](C)C[C@H]2CC[C@H](O2)[C@H](C)C(=O)O1)OC(=O)[C@H](CC)c1ccccc1. The van der Waals surface area contributed by atoms with Crippen LogP contribution >= 0.6 is 0 Å². The van der Waals surface area contributed by atoms with Crippen molar-refractivity contribution in [2.24, 2.45) is 11.8 Å². The van der Waals surface area contributed by atoms with Crippen molar-refractivity contribution >= 4 is 17.9 Å². The van der Waals surface area contributed by atoms with Gasteiger partial charge in [0, 0.05) is 12.8 Å². The fourth-order valence-electron chi connectivity index (χ4n) is 5.47. The molecule has 2 aliphatic rings. The van der Waals surface area contributed by atoms with Crippen LogP contribution in [0.15, 0.2) is 30.3 Å². The normalized spacial score (nSPS) is 32.2. The van der Waals surface area contributed by atoms with Crippen molar-refractivity contribution in [2.45, 2.75) is 129 Å². The fraction of sp³-hybridized carbons (Fsp3) is 0.710. The highest BCUT2D eigenvalue weighted by Crippen LogP contribution is 2.31. The van der Waals surface area contributed by atoms with Crippen LogP contribution < -0.4 is 0 Å². The molecule has 9 atom stereocenters. The summed E-state index contributed by atoms with van der Waals surface area (Å²) >= 11 is 0. The third-order valence-corrected chi connectivity index (χ3v) is 8.16. The molecule has 2 fully saturated rings. The van der Waals surface area contributed by atoms with E-state index < -0.39 is 36.1 Å². The molecule has 0 aliphatic carbocycles. The van der Waals surface area contributed by atoms with Gasteiger partial charge in [0.2, 0.25) is 0 Å². The van der Waals surface area contributed by atoms with Gasteiger partial charge in [0.15, 0.2) is 0 Å². The van der Waals surface area contributed by atoms with Gasteiger partial charge in [-0.3, -0.25) is 14.4 Å². The quantitative estimate of drug-likeness (QED) is 0.372. The van der Waals surface area contributed by atoms with E-state index in [0.29, 0.717) is 32.1 Å². The predicted octanol–water partition coefficient (Wildman–Crippen LogP) is 5.10. The van der Waals surface area contributed by atoms with Crippen LogP contribution in [0.4, 0.5) is 0 Å². The van der Waals surface area contributed by atoms with Crippen LogP contribution in [0.3, 0.4) is 0 Å². The molecule has 0 amide bonds. The van der Waals surface area contributed by atoms with E-state index in [1.807, 2.05) is 58.0 Å². The number of carbonyl (C=O) groups excluding carboxylic acids is 3. The molecule has 2 heterocycles. The highest BCUT2D eigenvalue weighted by molar-refractivity contribution is 5.78. The molecule has 8 nitrogen and oxygen atoms in total. The first kappa shape index (κ1) is 31.1. The summed E-state index contributed by atoms with van der Waals surface area (Å²) in [6, 6.07) is 9.55. The molecule has 218 valence electrons. The van der Waals surface area contributed by atoms with Crippen LogP contribution in [0, 0.1) is 11.8 Å². The Kier molecular flexibility index (Phi) is 11.8. The molecule has 2 bridgehead atoms. The molecule has 0 spiro atoms. The lowest BCUT2D eigenvalue weighted by atomic mass is 9.95. The molecule has 2 saturated heterocycles. The number of aliphatic hydroxyl groups is 1. The van der Waals surface area contributed by atoms with E-state index in [1.54, 1.807) is 6.92 Å². The van der Waals surface area contributed by atoms with E-state index in [-0.39, 0.29) is 42.6 Å². The lowest BCUT2D eigenvalue weighted by molar-refractivity contribution is -0.163. The number of carbonyl (C=O) groups is 3. The molecule has 1 aromatic rings. The average molecular weight is 547 g/mol. The number of cyclic esters (lactones) is 2. The van der Waals surface area contributed by atoms with Crippen LogP contribution in [0.1, 0.15) is 97.5 Å². The largest absolute Gasteiger partial charge is 0.462 e. The summed E-state index contributed by atoms with van der Waals surface area (Å²) in [4.78, 5) is 39.0. The minimum Gasteiger partial charge on any atom is -0.462 e. The predicted molar refractivity (Wildman–Crippen MR) is 146 cm³/mol. The number of esters is 3. The molecule has 0 unspecified atom stereocenters. The van der Waals surface area contributed by atoms with Crippen molar-refractivity contribution in [1.82, 2.24) is 0 Å². The Morgan fingerprint density at radius 3 is 2.31 bits per heavy atom. The number of rotatable bonds is 7. The van der Waals surface area contributed by atoms with Crippen molar-refractivity contribution in [3.8, 4) is 0 Å². The van der Waals surface area contributed by atoms with Crippen molar-refractivity contribution in [3.63, 3.8) is 0 Å². The molecular weight excluding hydrogens is 500 g/mol. The van der Waals surface area contributed by atoms with Gasteiger partial charge in [-0.05, 0) is 64.9 Å². The van der Waals surface area contributed by atoms with Gasteiger partial charge >= 0.3 is 17.9 Å². The van der Waals surface area contributed by atoms with Gasteiger partial charge in [-0.2, -0.15) is 0 Å².